The molecule has 1 rings (SSSR count). The van der Waals surface area contributed by atoms with Crippen molar-refractivity contribution in [2.75, 3.05) is 13.2 Å². The SMILES string of the molecule is C/C=C(/C)Cl.C=O.CC(C)(C)NCCC(CCO)c1ccc(C(=O)O)cc1. The first-order valence-corrected chi connectivity index (χ1v) is 9.25. The van der Waals surface area contributed by atoms with Crippen LogP contribution in [-0.4, -0.2) is 41.7 Å². The molecule has 0 fully saturated rings. The van der Waals surface area contributed by atoms with Crippen molar-refractivity contribution in [3.8, 4) is 0 Å². The van der Waals surface area contributed by atoms with Gasteiger partial charge >= 0.3 is 5.97 Å². The highest BCUT2D eigenvalue weighted by Crippen LogP contribution is 2.23. The number of aromatic carboxylic acids is 1. The van der Waals surface area contributed by atoms with E-state index in [1.54, 1.807) is 12.1 Å². The van der Waals surface area contributed by atoms with Gasteiger partial charge in [0.25, 0.3) is 0 Å². The topological polar surface area (TPSA) is 86.6 Å². The minimum absolute atomic E-state index is 0.0803. The van der Waals surface area contributed by atoms with E-state index in [9.17, 15) is 9.90 Å². The molecule has 0 aliphatic carbocycles. The monoisotopic (exact) mass is 399 g/mol. The number of aliphatic hydroxyl groups is 1. The Bertz CT molecular complexity index is 546. The molecule has 3 N–H and O–H groups in total. The zero-order valence-electron chi connectivity index (χ0n) is 17.1. The highest BCUT2D eigenvalue weighted by molar-refractivity contribution is 6.29. The van der Waals surface area contributed by atoms with E-state index in [1.807, 2.05) is 38.8 Å². The lowest BCUT2D eigenvalue weighted by molar-refractivity contribution is -0.0980. The van der Waals surface area contributed by atoms with Crippen LogP contribution in [0.2, 0.25) is 0 Å². The van der Waals surface area contributed by atoms with Gasteiger partial charge in [-0.05, 0) is 77.6 Å². The zero-order chi connectivity index (χ0) is 21.5. The summed E-state index contributed by atoms with van der Waals surface area (Å²) in [7, 11) is 0. The first-order chi connectivity index (χ1) is 12.6. The van der Waals surface area contributed by atoms with E-state index in [1.165, 1.54) is 0 Å². The van der Waals surface area contributed by atoms with E-state index >= 15 is 0 Å². The number of allylic oxidation sites excluding steroid dienone is 2. The molecule has 0 bridgehead atoms. The second-order valence-electron chi connectivity index (χ2n) is 6.98. The van der Waals surface area contributed by atoms with Gasteiger partial charge in [0.1, 0.15) is 6.79 Å². The number of nitrogens with one attached hydrogen (secondary N) is 1. The van der Waals surface area contributed by atoms with E-state index in [-0.39, 0.29) is 18.1 Å². The number of carboxylic acid groups (broad SMARTS) is 1. The molecule has 0 aliphatic rings. The molecule has 0 amide bonds. The summed E-state index contributed by atoms with van der Waals surface area (Å²) in [5.74, 6) is -0.664. The largest absolute Gasteiger partial charge is 0.478 e. The van der Waals surface area contributed by atoms with Crippen molar-refractivity contribution >= 4 is 24.4 Å². The lowest BCUT2D eigenvalue weighted by Gasteiger charge is -2.23. The van der Waals surface area contributed by atoms with Gasteiger partial charge in [0.2, 0.25) is 0 Å². The maximum Gasteiger partial charge on any atom is 0.335 e. The zero-order valence-corrected chi connectivity index (χ0v) is 17.8. The second-order valence-corrected chi connectivity index (χ2v) is 7.57. The van der Waals surface area contributed by atoms with Gasteiger partial charge in [0.05, 0.1) is 5.56 Å². The van der Waals surface area contributed by atoms with Crippen LogP contribution in [0.25, 0.3) is 0 Å². The Balaban J connectivity index is 0. The van der Waals surface area contributed by atoms with Gasteiger partial charge in [-0.3, -0.25) is 0 Å². The molecule has 0 saturated heterocycles. The fourth-order valence-electron chi connectivity index (χ4n) is 2.15. The predicted molar refractivity (Wildman–Crippen MR) is 113 cm³/mol. The summed E-state index contributed by atoms with van der Waals surface area (Å²) < 4.78 is 0. The van der Waals surface area contributed by atoms with E-state index in [0.29, 0.717) is 12.0 Å². The Morgan fingerprint density at radius 3 is 2.04 bits per heavy atom. The third-order valence-corrected chi connectivity index (χ3v) is 3.87. The number of aliphatic hydroxyl groups excluding tert-OH is 1. The third kappa shape index (κ3) is 15.1. The smallest absolute Gasteiger partial charge is 0.335 e. The van der Waals surface area contributed by atoms with Crippen LogP contribution in [0.5, 0.6) is 0 Å². The molecule has 5 nitrogen and oxygen atoms in total. The van der Waals surface area contributed by atoms with Crippen LogP contribution in [0.4, 0.5) is 0 Å². The van der Waals surface area contributed by atoms with Crippen LogP contribution in [0.3, 0.4) is 0 Å². The number of rotatable bonds is 7. The molecule has 154 valence electrons. The second kappa shape index (κ2) is 15.4. The van der Waals surface area contributed by atoms with Crippen LogP contribution in [0, 0.1) is 0 Å². The average molecular weight is 400 g/mol. The average Bonchev–Trinajstić information content (AvgIpc) is 2.62. The van der Waals surface area contributed by atoms with Crippen molar-refractivity contribution in [2.45, 2.75) is 58.9 Å². The maximum absolute atomic E-state index is 10.8. The molecule has 0 radical (unpaired) electrons. The number of hydrogen-bond donors (Lipinski definition) is 3. The molecule has 1 unspecified atom stereocenters. The number of carbonyl (C=O) groups is 2. The summed E-state index contributed by atoms with van der Waals surface area (Å²) >= 11 is 5.32. The van der Waals surface area contributed by atoms with Crippen molar-refractivity contribution < 1.29 is 19.8 Å². The fraction of sp³-hybridized carbons (Fsp3) is 0.524. The van der Waals surface area contributed by atoms with Crippen molar-refractivity contribution in [2.24, 2.45) is 0 Å². The molecule has 27 heavy (non-hydrogen) atoms. The highest BCUT2D eigenvalue weighted by Gasteiger charge is 2.14. The van der Waals surface area contributed by atoms with Crippen LogP contribution < -0.4 is 5.32 Å². The molecule has 0 aliphatic heterocycles. The molecule has 6 heteroatoms. The van der Waals surface area contributed by atoms with Crippen molar-refractivity contribution in [1.29, 1.82) is 0 Å². The van der Waals surface area contributed by atoms with Gasteiger partial charge in [-0.15, -0.1) is 0 Å². The Kier molecular flexibility index (Phi) is 15.7. The van der Waals surface area contributed by atoms with Crippen molar-refractivity contribution in [3.63, 3.8) is 0 Å². The minimum atomic E-state index is -0.912. The van der Waals surface area contributed by atoms with E-state index < -0.39 is 5.97 Å². The van der Waals surface area contributed by atoms with Crippen molar-refractivity contribution in [3.05, 3.63) is 46.5 Å². The quantitative estimate of drug-likeness (QED) is 0.624. The lowest BCUT2D eigenvalue weighted by Crippen LogP contribution is -2.36. The molecule has 0 saturated carbocycles. The molecule has 0 spiro atoms. The predicted octanol–water partition coefficient (Wildman–Crippen LogP) is 4.59. The third-order valence-electron chi connectivity index (χ3n) is 3.65. The molecule has 1 aromatic carbocycles. The Hall–Kier alpha value is -1.69. The minimum Gasteiger partial charge on any atom is -0.478 e. The van der Waals surface area contributed by atoms with Crippen molar-refractivity contribution in [1.82, 2.24) is 5.32 Å². The summed E-state index contributed by atoms with van der Waals surface area (Å²) in [5, 5.41) is 22.4. The molecular formula is C21H34ClNO4. The van der Waals surface area contributed by atoms with E-state index in [4.69, 9.17) is 21.5 Å². The number of halogens is 1. The number of hydrogen-bond acceptors (Lipinski definition) is 4. The molecule has 0 heterocycles. The van der Waals surface area contributed by atoms with Gasteiger partial charge < -0.3 is 20.3 Å². The van der Waals surface area contributed by atoms with Crippen LogP contribution in [-0.2, 0) is 4.79 Å². The van der Waals surface area contributed by atoms with Gasteiger partial charge in [0, 0.05) is 17.2 Å². The maximum atomic E-state index is 10.8. The fourth-order valence-corrected chi connectivity index (χ4v) is 2.15. The molecule has 1 aromatic rings. The summed E-state index contributed by atoms with van der Waals surface area (Å²) in [6.07, 6.45) is 3.46. The standard InChI is InChI=1S/C16H25NO3.C4H7Cl.CH2O/c1-16(2,3)17-10-8-13(9-11-18)12-4-6-14(7-5-12)15(19)20;1-3-4(2)5;1-2/h4-7,13,17-18H,8-11H2,1-3H3,(H,19,20);3H,1-2H3;1H2/b;4-3-;. The van der Waals surface area contributed by atoms with Gasteiger partial charge in [-0.1, -0.05) is 29.8 Å². The summed E-state index contributed by atoms with van der Waals surface area (Å²) in [4.78, 5) is 18.8. The number of carbonyl (C=O) groups excluding carboxylic acids is 1. The lowest BCUT2D eigenvalue weighted by atomic mass is 9.91. The summed E-state index contributed by atoms with van der Waals surface area (Å²) in [5.41, 5.74) is 1.46. The Morgan fingerprint density at radius 2 is 1.70 bits per heavy atom. The highest BCUT2D eigenvalue weighted by atomic mass is 35.5. The summed E-state index contributed by atoms with van der Waals surface area (Å²) in [6.45, 7) is 13.1. The Morgan fingerprint density at radius 1 is 1.22 bits per heavy atom. The number of carboxylic acids is 1. The van der Waals surface area contributed by atoms with Gasteiger partial charge in [-0.25, -0.2) is 4.79 Å². The van der Waals surface area contributed by atoms with E-state index in [0.717, 1.165) is 23.6 Å². The van der Waals surface area contributed by atoms with Crippen LogP contribution in [0.15, 0.2) is 35.4 Å². The first-order valence-electron chi connectivity index (χ1n) is 8.87. The Labute approximate surface area is 168 Å². The number of benzene rings is 1. The molecule has 0 aromatic heterocycles. The van der Waals surface area contributed by atoms with Crippen LogP contribution in [0.1, 0.15) is 69.3 Å². The van der Waals surface area contributed by atoms with Gasteiger partial charge in [0.15, 0.2) is 0 Å². The summed E-state index contributed by atoms with van der Waals surface area (Å²) in [6, 6.07) is 6.94. The van der Waals surface area contributed by atoms with Gasteiger partial charge in [-0.2, -0.15) is 0 Å². The van der Waals surface area contributed by atoms with Crippen LogP contribution >= 0.6 is 11.6 Å². The van der Waals surface area contributed by atoms with E-state index in [2.05, 4.69) is 26.1 Å². The first kappa shape index (κ1) is 27.5. The molecule has 1 atom stereocenters. The molecular weight excluding hydrogens is 366 g/mol. The normalized spacial score (nSPS) is 12.2.